The van der Waals surface area contributed by atoms with Crippen LogP contribution in [0.3, 0.4) is 0 Å². The first-order valence-corrected chi connectivity index (χ1v) is 6.58. The zero-order valence-electron chi connectivity index (χ0n) is 10.8. The molecule has 0 fully saturated rings. The fourth-order valence-corrected chi connectivity index (χ4v) is 2.11. The molecule has 3 aromatic rings. The van der Waals surface area contributed by atoms with Crippen LogP contribution < -0.4 is 10.5 Å². The molecule has 1 atom stereocenters. The van der Waals surface area contributed by atoms with Crippen LogP contribution in [0.25, 0.3) is 11.1 Å². The number of hydrogen-bond donors (Lipinski definition) is 1. The predicted molar refractivity (Wildman–Crippen MR) is 78.9 cm³/mol. The molecule has 0 amide bonds. The first kappa shape index (κ1) is 12.8. The van der Waals surface area contributed by atoms with E-state index in [1.54, 1.807) is 24.3 Å². The maximum atomic E-state index is 5.92. The van der Waals surface area contributed by atoms with Crippen LogP contribution in [-0.4, -0.2) is 4.98 Å². The van der Waals surface area contributed by atoms with Gasteiger partial charge in [-0.15, -0.1) is 0 Å². The zero-order chi connectivity index (χ0) is 14.1. The summed E-state index contributed by atoms with van der Waals surface area (Å²) in [6.07, 6.45) is -0.318. The maximum absolute atomic E-state index is 5.92. The molecule has 0 saturated carbocycles. The van der Waals surface area contributed by atoms with Gasteiger partial charge in [-0.1, -0.05) is 17.7 Å². The highest BCUT2D eigenvalue weighted by molar-refractivity contribution is 6.30. The number of nitrogens with zero attached hydrogens (tertiary/aromatic N) is 1. The minimum atomic E-state index is -0.318. The first-order valence-electron chi connectivity index (χ1n) is 6.20. The second-order valence-corrected chi connectivity index (χ2v) is 4.93. The SMILES string of the molecule is CC(Oc1cccc(Cl)c1)c1nc2ccc(N)cc2o1. The highest BCUT2D eigenvalue weighted by Gasteiger charge is 2.15. The molecule has 2 aromatic carbocycles. The lowest BCUT2D eigenvalue weighted by molar-refractivity contribution is 0.192. The molecule has 0 bridgehead atoms. The maximum Gasteiger partial charge on any atom is 0.236 e. The minimum Gasteiger partial charge on any atom is -0.481 e. The van der Waals surface area contributed by atoms with Crippen molar-refractivity contribution < 1.29 is 9.15 Å². The van der Waals surface area contributed by atoms with Gasteiger partial charge in [-0.25, -0.2) is 4.98 Å². The number of anilines is 1. The Hall–Kier alpha value is -2.20. The fourth-order valence-electron chi connectivity index (χ4n) is 1.93. The monoisotopic (exact) mass is 288 g/mol. The molecule has 0 saturated heterocycles. The third kappa shape index (κ3) is 2.56. The van der Waals surface area contributed by atoms with Crippen molar-refractivity contribution in [3.05, 3.63) is 53.4 Å². The molecular formula is C15H13ClN2O2. The van der Waals surface area contributed by atoms with E-state index >= 15 is 0 Å². The van der Waals surface area contributed by atoms with E-state index in [0.29, 0.717) is 27.9 Å². The van der Waals surface area contributed by atoms with Gasteiger partial charge < -0.3 is 14.9 Å². The predicted octanol–water partition coefficient (Wildman–Crippen LogP) is 4.20. The Labute approximate surface area is 121 Å². The van der Waals surface area contributed by atoms with E-state index in [1.807, 2.05) is 25.1 Å². The summed E-state index contributed by atoms with van der Waals surface area (Å²) in [5, 5.41) is 0.625. The van der Waals surface area contributed by atoms with Crippen LogP contribution in [0.4, 0.5) is 5.69 Å². The molecule has 102 valence electrons. The molecule has 1 aromatic heterocycles. The number of halogens is 1. The minimum absolute atomic E-state index is 0.318. The second kappa shape index (κ2) is 5.06. The number of nitrogen functional groups attached to an aromatic ring is 1. The van der Waals surface area contributed by atoms with Crippen LogP contribution in [0.1, 0.15) is 18.9 Å². The van der Waals surface area contributed by atoms with E-state index in [9.17, 15) is 0 Å². The smallest absolute Gasteiger partial charge is 0.236 e. The van der Waals surface area contributed by atoms with Gasteiger partial charge in [0, 0.05) is 16.8 Å². The zero-order valence-corrected chi connectivity index (χ0v) is 11.6. The lowest BCUT2D eigenvalue weighted by Gasteiger charge is -2.11. The second-order valence-electron chi connectivity index (χ2n) is 4.50. The van der Waals surface area contributed by atoms with Gasteiger partial charge in [0.2, 0.25) is 5.89 Å². The summed E-state index contributed by atoms with van der Waals surface area (Å²) < 4.78 is 11.4. The highest BCUT2D eigenvalue weighted by atomic mass is 35.5. The standard InChI is InChI=1S/C15H13ClN2O2/c1-9(19-12-4-2-3-10(16)7-12)15-18-13-6-5-11(17)8-14(13)20-15/h2-9H,17H2,1H3. The quantitative estimate of drug-likeness (QED) is 0.734. The summed E-state index contributed by atoms with van der Waals surface area (Å²) in [7, 11) is 0. The Bertz CT molecular complexity index is 754. The molecule has 0 aliphatic carbocycles. The first-order chi connectivity index (χ1) is 9.61. The molecule has 20 heavy (non-hydrogen) atoms. The Morgan fingerprint density at radius 2 is 2.10 bits per heavy atom. The van der Waals surface area contributed by atoms with Crippen LogP contribution >= 0.6 is 11.6 Å². The normalized spacial score (nSPS) is 12.5. The topological polar surface area (TPSA) is 61.3 Å². The summed E-state index contributed by atoms with van der Waals surface area (Å²) in [4.78, 5) is 4.39. The van der Waals surface area contributed by atoms with E-state index in [2.05, 4.69) is 4.98 Å². The Kier molecular flexibility index (Phi) is 3.24. The van der Waals surface area contributed by atoms with Crippen LogP contribution in [0.2, 0.25) is 5.02 Å². The molecule has 3 rings (SSSR count). The molecule has 0 aliphatic rings. The van der Waals surface area contributed by atoms with E-state index in [4.69, 9.17) is 26.5 Å². The lowest BCUT2D eigenvalue weighted by atomic mass is 10.3. The van der Waals surface area contributed by atoms with Crippen molar-refractivity contribution in [3.63, 3.8) is 0 Å². The average molecular weight is 289 g/mol. The van der Waals surface area contributed by atoms with Gasteiger partial charge in [-0.05, 0) is 37.3 Å². The van der Waals surface area contributed by atoms with Crippen molar-refractivity contribution in [1.29, 1.82) is 0 Å². The van der Waals surface area contributed by atoms with Crippen LogP contribution in [0.15, 0.2) is 46.9 Å². The van der Waals surface area contributed by atoms with Crippen molar-refractivity contribution in [3.8, 4) is 5.75 Å². The summed E-state index contributed by atoms with van der Waals surface area (Å²) >= 11 is 5.92. The highest BCUT2D eigenvalue weighted by Crippen LogP contribution is 2.26. The summed E-state index contributed by atoms with van der Waals surface area (Å²) in [5.74, 6) is 1.18. The summed E-state index contributed by atoms with van der Waals surface area (Å²) in [6.45, 7) is 1.87. The largest absolute Gasteiger partial charge is 0.481 e. The Morgan fingerprint density at radius 3 is 2.90 bits per heavy atom. The molecule has 0 spiro atoms. The molecule has 2 N–H and O–H groups in total. The number of aromatic nitrogens is 1. The third-order valence-electron chi connectivity index (χ3n) is 2.89. The summed E-state index contributed by atoms with van der Waals surface area (Å²) in [5.41, 5.74) is 7.77. The van der Waals surface area contributed by atoms with Crippen molar-refractivity contribution in [2.24, 2.45) is 0 Å². The van der Waals surface area contributed by atoms with Gasteiger partial charge in [0.05, 0.1) is 0 Å². The molecule has 0 aliphatic heterocycles. The average Bonchev–Trinajstić information content (AvgIpc) is 2.81. The number of oxazole rings is 1. The number of fused-ring (bicyclic) bond motifs is 1. The number of hydrogen-bond acceptors (Lipinski definition) is 4. The number of rotatable bonds is 3. The third-order valence-corrected chi connectivity index (χ3v) is 3.12. The lowest BCUT2D eigenvalue weighted by Crippen LogP contribution is -2.03. The Balaban J connectivity index is 1.86. The van der Waals surface area contributed by atoms with E-state index in [-0.39, 0.29) is 6.10 Å². The fraction of sp³-hybridized carbons (Fsp3) is 0.133. The van der Waals surface area contributed by atoms with Crippen LogP contribution in [0.5, 0.6) is 5.75 Å². The summed E-state index contributed by atoms with van der Waals surface area (Å²) in [6, 6.07) is 12.6. The van der Waals surface area contributed by atoms with Crippen molar-refractivity contribution in [2.45, 2.75) is 13.0 Å². The Morgan fingerprint density at radius 1 is 1.25 bits per heavy atom. The molecule has 1 unspecified atom stereocenters. The molecular weight excluding hydrogens is 276 g/mol. The van der Waals surface area contributed by atoms with Gasteiger partial charge >= 0.3 is 0 Å². The van der Waals surface area contributed by atoms with Gasteiger partial charge in [-0.3, -0.25) is 0 Å². The van der Waals surface area contributed by atoms with Gasteiger partial charge in [0.15, 0.2) is 11.7 Å². The molecule has 4 nitrogen and oxygen atoms in total. The molecule has 5 heteroatoms. The molecule has 1 heterocycles. The van der Waals surface area contributed by atoms with Gasteiger partial charge in [0.1, 0.15) is 11.3 Å². The number of nitrogens with two attached hydrogens (primary N) is 1. The number of ether oxygens (including phenoxy) is 1. The van der Waals surface area contributed by atoms with E-state index in [0.717, 1.165) is 5.52 Å². The van der Waals surface area contributed by atoms with Crippen molar-refractivity contribution in [2.75, 3.05) is 5.73 Å². The molecule has 0 radical (unpaired) electrons. The van der Waals surface area contributed by atoms with Crippen molar-refractivity contribution in [1.82, 2.24) is 4.98 Å². The number of benzene rings is 2. The van der Waals surface area contributed by atoms with Crippen LogP contribution in [-0.2, 0) is 0 Å². The van der Waals surface area contributed by atoms with Gasteiger partial charge in [-0.2, -0.15) is 0 Å². The van der Waals surface area contributed by atoms with E-state index < -0.39 is 0 Å². The van der Waals surface area contributed by atoms with Crippen LogP contribution in [0, 0.1) is 0 Å². The van der Waals surface area contributed by atoms with Crippen molar-refractivity contribution >= 4 is 28.4 Å². The van der Waals surface area contributed by atoms with E-state index in [1.165, 1.54) is 0 Å². The van der Waals surface area contributed by atoms with Gasteiger partial charge in [0.25, 0.3) is 0 Å².